The van der Waals surface area contributed by atoms with Gasteiger partial charge >= 0.3 is 7.12 Å². The van der Waals surface area contributed by atoms with Crippen molar-refractivity contribution in [1.29, 1.82) is 5.26 Å². The second-order valence-electron chi connectivity index (χ2n) is 7.50. The first-order chi connectivity index (χ1) is 14.7. The van der Waals surface area contributed by atoms with E-state index in [1.54, 1.807) is 12.1 Å². The molecule has 0 radical (unpaired) electrons. The van der Waals surface area contributed by atoms with Crippen LogP contribution >= 0.6 is 0 Å². The molecule has 2 N–H and O–H groups in total. The Balaban J connectivity index is 1.99. The molecule has 4 aromatic carbocycles. The minimum atomic E-state index is -1.57. The van der Waals surface area contributed by atoms with Gasteiger partial charge in [-0.1, -0.05) is 91.0 Å². The molecular formula is C26H18BNO2. The Morgan fingerprint density at radius 2 is 1.33 bits per heavy atom. The number of nitrogens with zero attached hydrogens (tertiary/aromatic N) is 1. The van der Waals surface area contributed by atoms with Crippen LogP contribution < -0.4 is 5.46 Å². The second-order valence-corrected chi connectivity index (χ2v) is 7.50. The van der Waals surface area contributed by atoms with Crippen molar-refractivity contribution in [1.82, 2.24) is 0 Å². The summed E-state index contributed by atoms with van der Waals surface area (Å²) in [6.45, 7) is 0. The Hall–Kier alpha value is -3.65. The van der Waals surface area contributed by atoms with Gasteiger partial charge in [-0.05, 0) is 39.3 Å². The van der Waals surface area contributed by atoms with Gasteiger partial charge in [0.25, 0.3) is 0 Å². The minimum Gasteiger partial charge on any atom is -0.423 e. The van der Waals surface area contributed by atoms with E-state index in [1.165, 1.54) is 0 Å². The number of hydrogen-bond donors (Lipinski definition) is 2. The largest absolute Gasteiger partial charge is 0.488 e. The fourth-order valence-corrected chi connectivity index (χ4v) is 4.81. The number of hydrogen-bond acceptors (Lipinski definition) is 3. The first-order valence-corrected chi connectivity index (χ1v) is 9.83. The van der Waals surface area contributed by atoms with Crippen LogP contribution in [0.25, 0.3) is 11.1 Å². The van der Waals surface area contributed by atoms with Crippen LogP contribution in [0.2, 0.25) is 0 Å². The van der Waals surface area contributed by atoms with Gasteiger partial charge in [0, 0.05) is 5.56 Å². The highest BCUT2D eigenvalue weighted by Gasteiger charge is 2.47. The summed E-state index contributed by atoms with van der Waals surface area (Å²) in [5.74, 6) is 0. The third kappa shape index (κ3) is 2.47. The van der Waals surface area contributed by atoms with Gasteiger partial charge in [0.2, 0.25) is 0 Å². The van der Waals surface area contributed by atoms with Crippen molar-refractivity contribution in [2.75, 3.05) is 0 Å². The lowest BCUT2D eigenvalue weighted by molar-refractivity contribution is 0.426. The Kier molecular flexibility index (Phi) is 4.29. The van der Waals surface area contributed by atoms with E-state index in [2.05, 4.69) is 36.4 Å². The lowest BCUT2D eigenvalue weighted by Gasteiger charge is -2.33. The van der Waals surface area contributed by atoms with Gasteiger partial charge < -0.3 is 10.0 Å². The third-order valence-electron chi connectivity index (χ3n) is 6.02. The topological polar surface area (TPSA) is 64.2 Å². The normalized spacial score (nSPS) is 13.2. The molecule has 0 amide bonds. The molecule has 3 nitrogen and oxygen atoms in total. The van der Waals surface area contributed by atoms with Gasteiger partial charge in [0.05, 0.1) is 17.0 Å². The van der Waals surface area contributed by atoms with Crippen LogP contribution in [0.4, 0.5) is 0 Å². The molecule has 4 heteroatoms. The zero-order valence-corrected chi connectivity index (χ0v) is 16.2. The summed E-state index contributed by atoms with van der Waals surface area (Å²) in [4.78, 5) is 0. The molecule has 0 saturated carbocycles. The molecule has 0 unspecified atom stereocenters. The Morgan fingerprint density at radius 1 is 0.700 bits per heavy atom. The molecule has 142 valence electrons. The van der Waals surface area contributed by atoms with Crippen LogP contribution in [0.15, 0.2) is 97.1 Å². The summed E-state index contributed by atoms with van der Waals surface area (Å²) in [6.07, 6.45) is 0. The summed E-state index contributed by atoms with van der Waals surface area (Å²) < 4.78 is 0. The van der Waals surface area contributed by atoms with Crippen molar-refractivity contribution in [3.63, 3.8) is 0 Å². The van der Waals surface area contributed by atoms with Crippen molar-refractivity contribution in [2.24, 2.45) is 0 Å². The predicted octanol–water partition coefficient (Wildman–Crippen LogP) is 3.60. The fraction of sp³-hybridized carbons (Fsp3) is 0.0385. The number of fused-ring (bicyclic) bond motifs is 3. The minimum absolute atomic E-state index is 0.407. The smallest absolute Gasteiger partial charge is 0.423 e. The summed E-state index contributed by atoms with van der Waals surface area (Å²) in [7, 11) is -1.57. The molecule has 0 fully saturated rings. The highest BCUT2D eigenvalue weighted by atomic mass is 16.4. The van der Waals surface area contributed by atoms with E-state index in [0.29, 0.717) is 11.0 Å². The maximum atomic E-state index is 9.87. The zero-order valence-electron chi connectivity index (χ0n) is 16.2. The maximum Gasteiger partial charge on any atom is 0.488 e. The summed E-state index contributed by atoms with van der Waals surface area (Å²) in [6, 6.07) is 34.2. The molecule has 1 aliphatic carbocycles. The van der Waals surface area contributed by atoms with Crippen molar-refractivity contribution >= 4 is 12.6 Å². The van der Waals surface area contributed by atoms with E-state index < -0.39 is 12.5 Å². The van der Waals surface area contributed by atoms with E-state index >= 15 is 0 Å². The van der Waals surface area contributed by atoms with Crippen LogP contribution in [0.1, 0.15) is 27.8 Å². The predicted molar refractivity (Wildman–Crippen MR) is 118 cm³/mol. The fourth-order valence-electron chi connectivity index (χ4n) is 4.81. The van der Waals surface area contributed by atoms with Crippen LogP contribution in [0, 0.1) is 11.3 Å². The molecule has 0 spiro atoms. The van der Waals surface area contributed by atoms with Gasteiger partial charge in [-0.15, -0.1) is 0 Å². The molecule has 0 saturated heterocycles. The maximum absolute atomic E-state index is 9.87. The van der Waals surface area contributed by atoms with E-state index in [4.69, 9.17) is 0 Å². The summed E-state index contributed by atoms with van der Waals surface area (Å²) in [5, 5.41) is 29.4. The Bertz CT molecular complexity index is 1240. The van der Waals surface area contributed by atoms with Gasteiger partial charge in [-0.3, -0.25) is 0 Å². The van der Waals surface area contributed by atoms with Crippen LogP contribution in [-0.4, -0.2) is 17.2 Å². The van der Waals surface area contributed by atoms with Gasteiger partial charge in [-0.2, -0.15) is 5.26 Å². The molecule has 0 aliphatic heterocycles. The molecule has 0 atom stereocenters. The first kappa shape index (κ1) is 18.4. The van der Waals surface area contributed by atoms with Crippen molar-refractivity contribution in [2.45, 2.75) is 5.41 Å². The second kappa shape index (κ2) is 7.00. The third-order valence-corrected chi connectivity index (χ3v) is 6.02. The first-order valence-electron chi connectivity index (χ1n) is 9.83. The van der Waals surface area contributed by atoms with E-state index in [1.807, 2.05) is 54.6 Å². The van der Waals surface area contributed by atoms with Gasteiger partial charge in [0.15, 0.2) is 0 Å². The molecule has 30 heavy (non-hydrogen) atoms. The summed E-state index contributed by atoms with van der Waals surface area (Å²) in [5.41, 5.74) is 6.36. The highest BCUT2D eigenvalue weighted by molar-refractivity contribution is 6.58. The molecular weight excluding hydrogens is 369 g/mol. The molecule has 5 rings (SSSR count). The average Bonchev–Trinajstić information content (AvgIpc) is 3.11. The van der Waals surface area contributed by atoms with Crippen LogP contribution in [0.5, 0.6) is 0 Å². The molecule has 0 bridgehead atoms. The van der Waals surface area contributed by atoms with Crippen LogP contribution in [-0.2, 0) is 5.41 Å². The van der Waals surface area contributed by atoms with Crippen molar-refractivity contribution in [3.8, 4) is 17.2 Å². The zero-order chi connectivity index (χ0) is 20.7. The monoisotopic (exact) mass is 387 g/mol. The number of benzene rings is 4. The average molecular weight is 387 g/mol. The van der Waals surface area contributed by atoms with Gasteiger partial charge in [-0.25, -0.2) is 0 Å². The molecule has 0 heterocycles. The lowest BCUT2D eigenvalue weighted by atomic mass is 9.67. The van der Waals surface area contributed by atoms with E-state index in [-0.39, 0.29) is 0 Å². The van der Waals surface area contributed by atoms with Crippen molar-refractivity contribution in [3.05, 3.63) is 125 Å². The van der Waals surface area contributed by atoms with E-state index in [0.717, 1.165) is 33.4 Å². The molecule has 4 aromatic rings. The number of nitriles is 1. The van der Waals surface area contributed by atoms with Gasteiger partial charge in [0.1, 0.15) is 0 Å². The SMILES string of the molecule is N#Cc1cccc2c1-c1cc(B(O)O)ccc1C2(c1ccccc1)c1ccccc1. The number of rotatable bonds is 3. The molecule has 1 aliphatic rings. The standard InChI is InChI=1S/C26H18BNO2/c28-17-18-8-7-13-24-25(18)22-16-21(27(29)30)14-15-23(22)26(24,19-9-3-1-4-10-19)20-11-5-2-6-12-20/h1-16,29-30H. The van der Waals surface area contributed by atoms with Crippen LogP contribution in [0.3, 0.4) is 0 Å². The molecule has 0 aromatic heterocycles. The summed E-state index contributed by atoms with van der Waals surface area (Å²) >= 11 is 0. The highest BCUT2D eigenvalue weighted by Crippen LogP contribution is 2.56. The van der Waals surface area contributed by atoms with E-state index in [9.17, 15) is 15.3 Å². The van der Waals surface area contributed by atoms with Crippen molar-refractivity contribution < 1.29 is 10.0 Å². The Morgan fingerprint density at radius 3 is 1.90 bits per heavy atom. The Labute approximate surface area is 175 Å². The lowest BCUT2D eigenvalue weighted by Crippen LogP contribution is -2.31. The quantitative estimate of drug-likeness (QED) is 0.465.